The van der Waals surface area contributed by atoms with Crippen LogP contribution in [0.3, 0.4) is 0 Å². The van der Waals surface area contributed by atoms with Crippen molar-refractivity contribution in [2.45, 2.75) is 38.3 Å². The van der Waals surface area contributed by atoms with Gasteiger partial charge in [0.1, 0.15) is 5.82 Å². The number of carbonyl (C=O) groups excluding carboxylic acids is 1. The van der Waals surface area contributed by atoms with Crippen LogP contribution in [0, 0.1) is 21.1 Å². The summed E-state index contributed by atoms with van der Waals surface area (Å²) in [4.78, 5) is 23.3. The van der Waals surface area contributed by atoms with Gasteiger partial charge in [0.05, 0.1) is 5.52 Å². The molecule has 1 aliphatic carbocycles. The number of halogens is 3. The smallest absolute Gasteiger partial charge is 0.225 e. The molecule has 3 aromatic rings. The minimum absolute atomic E-state index is 0.0160. The highest BCUT2D eigenvalue weighted by Crippen LogP contribution is 2.29. The maximum absolute atomic E-state index is 13.8. The Labute approximate surface area is 205 Å². The molecule has 1 heterocycles. The van der Waals surface area contributed by atoms with Gasteiger partial charge in [-0.1, -0.05) is 12.1 Å². The molecule has 1 fully saturated rings. The molecule has 174 valence electrons. The average molecular weight is 565 g/mol. The van der Waals surface area contributed by atoms with Crippen LogP contribution < -0.4 is 15.5 Å². The van der Waals surface area contributed by atoms with E-state index in [4.69, 9.17) is 0 Å². The lowest BCUT2D eigenvalue weighted by atomic mass is 9.85. The van der Waals surface area contributed by atoms with E-state index in [1.165, 1.54) is 0 Å². The second-order valence-corrected chi connectivity index (χ2v) is 9.83. The van der Waals surface area contributed by atoms with Crippen LogP contribution in [0.2, 0.25) is 0 Å². The number of aromatic nitrogens is 2. The van der Waals surface area contributed by atoms with Crippen molar-refractivity contribution in [2.75, 3.05) is 24.3 Å². The van der Waals surface area contributed by atoms with Crippen LogP contribution in [-0.2, 0) is 11.3 Å². The van der Waals surface area contributed by atoms with Crippen LogP contribution in [0.5, 0.6) is 0 Å². The van der Waals surface area contributed by atoms with E-state index in [2.05, 4.69) is 49.3 Å². The number of fused-ring (bicyclic) bond motifs is 1. The summed E-state index contributed by atoms with van der Waals surface area (Å²) in [7, 11) is 3.60. The summed E-state index contributed by atoms with van der Waals surface area (Å²) >= 11 is 2.26. The molecular weight excluding hydrogens is 539 g/mol. The van der Waals surface area contributed by atoms with Gasteiger partial charge in [-0.25, -0.2) is 13.8 Å². The second-order valence-electron chi connectivity index (χ2n) is 8.59. The maximum Gasteiger partial charge on any atom is 0.225 e. The lowest BCUT2D eigenvalue weighted by Crippen LogP contribution is -2.36. The van der Waals surface area contributed by atoms with Crippen LogP contribution in [-0.4, -0.2) is 36.0 Å². The van der Waals surface area contributed by atoms with E-state index < -0.39 is 11.6 Å². The first-order valence-corrected chi connectivity index (χ1v) is 12.0. The summed E-state index contributed by atoms with van der Waals surface area (Å²) in [5, 5.41) is 6.84. The predicted molar refractivity (Wildman–Crippen MR) is 134 cm³/mol. The lowest BCUT2D eigenvalue weighted by Gasteiger charge is -2.28. The van der Waals surface area contributed by atoms with Crippen molar-refractivity contribution in [1.82, 2.24) is 15.3 Å². The van der Waals surface area contributed by atoms with Crippen LogP contribution in [0.25, 0.3) is 10.9 Å². The number of rotatable bonds is 6. The van der Waals surface area contributed by atoms with Gasteiger partial charge >= 0.3 is 0 Å². The van der Waals surface area contributed by atoms with Crippen LogP contribution in [0.15, 0.2) is 36.4 Å². The van der Waals surface area contributed by atoms with Crippen LogP contribution in [0.1, 0.15) is 31.2 Å². The summed E-state index contributed by atoms with van der Waals surface area (Å²) in [6.45, 7) is 0.531. The van der Waals surface area contributed by atoms with Gasteiger partial charge in [-0.05, 0) is 72.0 Å². The minimum Gasteiger partial charge on any atom is -0.362 e. The monoisotopic (exact) mass is 565 g/mol. The topological polar surface area (TPSA) is 70.2 Å². The molecule has 4 rings (SSSR count). The number of hydrogen-bond donors (Lipinski definition) is 2. The van der Waals surface area contributed by atoms with Gasteiger partial charge in [-0.15, -0.1) is 0 Å². The largest absolute Gasteiger partial charge is 0.362 e. The van der Waals surface area contributed by atoms with Crippen molar-refractivity contribution in [3.63, 3.8) is 0 Å². The highest BCUT2D eigenvalue weighted by molar-refractivity contribution is 14.1. The van der Waals surface area contributed by atoms with Crippen molar-refractivity contribution in [1.29, 1.82) is 0 Å². The molecule has 0 unspecified atom stereocenters. The molecular formula is C24H26F2IN5O. The van der Waals surface area contributed by atoms with Gasteiger partial charge in [-0.2, -0.15) is 4.98 Å². The quantitative estimate of drug-likeness (QED) is 0.418. The number of benzene rings is 2. The zero-order chi connectivity index (χ0) is 23.5. The van der Waals surface area contributed by atoms with Gasteiger partial charge in [0, 0.05) is 47.6 Å². The predicted octanol–water partition coefficient (Wildman–Crippen LogP) is 4.87. The fourth-order valence-electron chi connectivity index (χ4n) is 4.18. The molecule has 1 saturated carbocycles. The third kappa shape index (κ3) is 5.69. The molecule has 0 atom stereocenters. The molecule has 0 saturated heterocycles. The molecule has 0 radical (unpaired) electrons. The highest BCUT2D eigenvalue weighted by Gasteiger charge is 2.27. The zero-order valence-corrected chi connectivity index (χ0v) is 20.7. The van der Waals surface area contributed by atoms with E-state index in [9.17, 15) is 13.6 Å². The Bertz CT molecular complexity index is 1170. The lowest BCUT2D eigenvalue weighted by molar-refractivity contribution is -0.126. The van der Waals surface area contributed by atoms with Gasteiger partial charge in [0.2, 0.25) is 11.9 Å². The summed E-state index contributed by atoms with van der Waals surface area (Å²) in [6.07, 6.45) is 3.14. The number of nitrogens with zero attached hydrogens (tertiary/aromatic N) is 3. The number of carbonyl (C=O) groups is 1. The third-order valence-corrected chi connectivity index (χ3v) is 6.60. The summed E-state index contributed by atoms with van der Waals surface area (Å²) in [5.74, 6) is -0.893. The molecule has 0 aliphatic heterocycles. The van der Waals surface area contributed by atoms with Crippen LogP contribution >= 0.6 is 22.6 Å². The Kier molecular flexibility index (Phi) is 7.26. The minimum atomic E-state index is -0.936. The van der Waals surface area contributed by atoms with E-state index in [0.717, 1.165) is 46.9 Å². The molecule has 2 aromatic carbocycles. The Morgan fingerprint density at radius 3 is 2.52 bits per heavy atom. The average Bonchev–Trinajstić information content (AvgIpc) is 2.78. The summed E-state index contributed by atoms with van der Waals surface area (Å²) < 4.78 is 28.7. The molecule has 1 amide bonds. The SMILES string of the molecule is CN(C)c1nc(NC2CCC(C(=O)NCc3cccc(I)c3)CC2)nc2cc(F)c(F)cc12. The molecule has 1 aliphatic rings. The van der Waals surface area contributed by atoms with Crippen molar-refractivity contribution < 1.29 is 13.6 Å². The number of anilines is 2. The Morgan fingerprint density at radius 1 is 1.09 bits per heavy atom. The first-order chi connectivity index (χ1) is 15.8. The van der Waals surface area contributed by atoms with Gasteiger partial charge in [-0.3, -0.25) is 4.79 Å². The van der Waals surface area contributed by atoms with E-state index in [0.29, 0.717) is 29.2 Å². The third-order valence-electron chi connectivity index (χ3n) is 5.93. The van der Waals surface area contributed by atoms with Crippen molar-refractivity contribution in [2.24, 2.45) is 5.92 Å². The first-order valence-electron chi connectivity index (χ1n) is 10.9. The standard InChI is InChI=1S/C24H26F2IN5O/c1-32(2)22-18-11-19(25)20(26)12-21(18)30-24(31-22)29-17-8-6-15(7-9-17)23(33)28-13-14-4-3-5-16(27)10-14/h3-5,10-12,15,17H,6-9,13H2,1-2H3,(H,28,33)(H,29,30,31). The number of amides is 1. The summed E-state index contributed by atoms with van der Waals surface area (Å²) in [6, 6.07) is 10.4. The molecule has 9 heteroatoms. The molecule has 1 aromatic heterocycles. The second kappa shape index (κ2) is 10.1. The molecule has 6 nitrogen and oxygen atoms in total. The fraction of sp³-hybridized carbons (Fsp3) is 0.375. The van der Waals surface area contributed by atoms with Crippen molar-refractivity contribution >= 4 is 51.2 Å². The van der Waals surface area contributed by atoms with E-state index in [1.54, 1.807) is 19.0 Å². The molecule has 33 heavy (non-hydrogen) atoms. The summed E-state index contributed by atoms with van der Waals surface area (Å²) in [5.41, 5.74) is 1.44. The zero-order valence-electron chi connectivity index (χ0n) is 18.5. The first kappa shape index (κ1) is 23.6. The Hall–Kier alpha value is -2.56. The highest BCUT2D eigenvalue weighted by atomic mass is 127. The molecule has 2 N–H and O–H groups in total. The van der Waals surface area contributed by atoms with Crippen LogP contribution in [0.4, 0.5) is 20.5 Å². The van der Waals surface area contributed by atoms with Crippen molar-refractivity contribution in [3.05, 3.63) is 57.2 Å². The normalized spacial score (nSPS) is 18.2. The van der Waals surface area contributed by atoms with Crippen molar-refractivity contribution in [3.8, 4) is 0 Å². The van der Waals surface area contributed by atoms with Gasteiger partial charge < -0.3 is 15.5 Å². The number of hydrogen-bond acceptors (Lipinski definition) is 5. The van der Waals surface area contributed by atoms with E-state index in [-0.39, 0.29) is 17.9 Å². The number of nitrogens with one attached hydrogen (secondary N) is 2. The fourth-order valence-corrected chi connectivity index (χ4v) is 4.78. The van der Waals surface area contributed by atoms with E-state index >= 15 is 0 Å². The molecule has 0 spiro atoms. The van der Waals surface area contributed by atoms with Gasteiger partial charge in [0.25, 0.3) is 0 Å². The Balaban J connectivity index is 1.37. The van der Waals surface area contributed by atoms with E-state index in [1.807, 2.05) is 18.2 Å². The van der Waals surface area contributed by atoms with Gasteiger partial charge in [0.15, 0.2) is 11.6 Å². The molecule has 0 bridgehead atoms. The Morgan fingerprint density at radius 2 is 1.82 bits per heavy atom. The maximum atomic E-state index is 13.8.